The van der Waals surface area contributed by atoms with Crippen LogP contribution in [0.15, 0.2) is 36.9 Å². The molecule has 2 aromatic heterocycles. The molecule has 0 amide bonds. The molecule has 0 aromatic carbocycles. The van der Waals surface area contributed by atoms with Gasteiger partial charge < -0.3 is 5.11 Å². The summed E-state index contributed by atoms with van der Waals surface area (Å²) in [7, 11) is 0. The summed E-state index contributed by atoms with van der Waals surface area (Å²) in [5, 5.41) is 8.92. The number of halogens is 1. The van der Waals surface area contributed by atoms with Crippen LogP contribution in [0, 0.1) is 5.82 Å². The maximum atomic E-state index is 13.3. The number of carboxylic acids is 1. The molecule has 0 spiro atoms. The molecule has 0 fully saturated rings. The Bertz CT molecular complexity index is 529. The van der Waals surface area contributed by atoms with Crippen molar-refractivity contribution in [1.29, 1.82) is 0 Å². The molecule has 80 valence electrons. The minimum Gasteiger partial charge on any atom is -0.478 e. The second kappa shape index (κ2) is 4.06. The predicted octanol–water partition coefficient (Wildman–Crippen LogP) is 1.98. The Morgan fingerprint density at radius 3 is 2.69 bits per heavy atom. The Morgan fingerprint density at radius 2 is 2.06 bits per heavy atom. The lowest BCUT2D eigenvalue weighted by Gasteiger charge is -2.05. The number of carboxylic acid groups (broad SMARTS) is 1. The van der Waals surface area contributed by atoms with Gasteiger partial charge in [0.2, 0.25) is 0 Å². The fourth-order valence-electron chi connectivity index (χ4n) is 1.39. The van der Waals surface area contributed by atoms with Crippen molar-refractivity contribution in [2.75, 3.05) is 0 Å². The summed E-state index contributed by atoms with van der Waals surface area (Å²) in [6.07, 6.45) is 5.20. The molecule has 0 aliphatic carbocycles. The van der Waals surface area contributed by atoms with Crippen LogP contribution in [0.5, 0.6) is 0 Å². The van der Waals surface area contributed by atoms with Gasteiger partial charge in [-0.25, -0.2) is 9.18 Å². The molecule has 0 saturated carbocycles. The van der Waals surface area contributed by atoms with Gasteiger partial charge in [0, 0.05) is 29.7 Å². The monoisotopic (exact) mass is 218 g/mol. The average Bonchev–Trinajstić information content (AvgIpc) is 2.29. The number of aromatic nitrogens is 2. The number of pyridine rings is 2. The summed E-state index contributed by atoms with van der Waals surface area (Å²) < 4.78 is 13.3. The van der Waals surface area contributed by atoms with Gasteiger partial charge in [-0.3, -0.25) is 9.97 Å². The third-order valence-corrected chi connectivity index (χ3v) is 2.09. The molecule has 0 radical (unpaired) electrons. The van der Waals surface area contributed by atoms with Crippen LogP contribution in [0.1, 0.15) is 10.4 Å². The van der Waals surface area contributed by atoms with E-state index in [0.29, 0.717) is 5.56 Å². The smallest absolute Gasteiger partial charge is 0.339 e. The minimum atomic E-state index is -1.32. The van der Waals surface area contributed by atoms with E-state index in [1.54, 1.807) is 18.3 Å². The first kappa shape index (κ1) is 10.2. The van der Waals surface area contributed by atoms with Crippen LogP contribution in [0.4, 0.5) is 4.39 Å². The van der Waals surface area contributed by atoms with E-state index in [9.17, 15) is 9.18 Å². The highest BCUT2D eigenvalue weighted by molar-refractivity contribution is 5.95. The molecule has 5 heteroatoms. The van der Waals surface area contributed by atoms with Crippen molar-refractivity contribution in [3.8, 4) is 11.1 Å². The van der Waals surface area contributed by atoms with E-state index in [-0.39, 0.29) is 11.1 Å². The summed E-state index contributed by atoms with van der Waals surface area (Å²) in [5.74, 6) is -2.17. The number of carbonyl (C=O) groups is 1. The SMILES string of the molecule is O=C(O)c1c(F)cncc1-c1cccnc1. The highest BCUT2D eigenvalue weighted by Gasteiger charge is 2.17. The Morgan fingerprint density at radius 1 is 1.25 bits per heavy atom. The molecule has 2 aromatic rings. The van der Waals surface area contributed by atoms with E-state index in [2.05, 4.69) is 9.97 Å². The standard InChI is InChI=1S/C11H7FN2O2/c12-9-6-14-5-8(10(9)11(15)16)7-2-1-3-13-4-7/h1-6H,(H,15,16). The van der Waals surface area contributed by atoms with Gasteiger partial charge in [0.15, 0.2) is 5.82 Å². The summed E-state index contributed by atoms with van der Waals surface area (Å²) in [6.45, 7) is 0. The molecule has 0 unspecified atom stereocenters. The van der Waals surface area contributed by atoms with Crippen LogP contribution in [0.3, 0.4) is 0 Å². The summed E-state index contributed by atoms with van der Waals surface area (Å²) in [5.41, 5.74) is 0.357. The first-order valence-electron chi connectivity index (χ1n) is 4.47. The molecule has 0 aliphatic heterocycles. The van der Waals surface area contributed by atoms with E-state index in [4.69, 9.17) is 5.11 Å². The maximum absolute atomic E-state index is 13.3. The third kappa shape index (κ3) is 1.75. The normalized spacial score (nSPS) is 10.1. The molecular formula is C11H7FN2O2. The van der Waals surface area contributed by atoms with Crippen molar-refractivity contribution in [1.82, 2.24) is 9.97 Å². The zero-order chi connectivity index (χ0) is 11.5. The number of aromatic carboxylic acids is 1. The summed E-state index contributed by atoms with van der Waals surface area (Å²) >= 11 is 0. The fourth-order valence-corrected chi connectivity index (χ4v) is 1.39. The first-order valence-corrected chi connectivity index (χ1v) is 4.47. The molecule has 0 bridgehead atoms. The topological polar surface area (TPSA) is 63.1 Å². The fraction of sp³-hybridized carbons (Fsp3) is 0. The zero-order valence-electron chi connectivity index (χ0n) is 8.09. The van der Waals surface area contributed by atoms with E-state index >= 15 is 0 Å². The van der Waals surface area contributed by atoms with E-state index in [0.717, 1.165) is 6.20 Å². The molecule has 2 heterocycles. The van der Waals surface area contributed by atoms with Crippen LogP contribution in [0.25, 0.3) is 11.1 Å². The maximum Gasteiger partial charge on any atom is 0.339 e. The van der Waals surface area contributed by atoms with E-state index in [1.165, 1.54) is 12.4 Å². The number of rotatable bonds is 2. The number of hydrogen-bond donors (Lipinski definition) is 1. The van der Waals surface area contributed by atoms with Crippen LogP contribution < -0.4 is 0 Å². The van der Waals surface area contributed by atoms with Gasteiger partial charge in [-0.1, -0.05) is 6.07 Å². The van der Waals surface area contributed by atoms with Gasteiger partial charge in [-0.15, -0.1) is 0 Å². The van der Waals surface area contributed by atoms with Gasteiger partial charge in [0.1, 0.15) is 5.56 Å². The van der Waals surface area contributed by atoms with Crippen LogP contribution >= 0.6 is 0 Å². The van der Waals surface area contributed by atoms with Crippen LogP contribution in [0.2, 0.25) is 0 Å². The Labute approximate surface area is 90.4 Å². The molecule has 4 nitrogen and oxygen atoms in total. The second-order valence-corrected chi connectivity index (χ2v) is 3.09. The molecule has 1 N–H and O–H groups in total. The highest BCUT2D eigenvalue weighted by Crippen LogP contribution is 2.23. The number of hydrogen-bond acceptors (Lipinski definition) is 3. The summed E-state index contributed by atoms with van der Waals surface area (Å²) in [6, 6.07) is 3.29. The lowest BCUT2D eigenvalue weighted by atomic mass is 10.0. The number of nitrogens with zero attached hydrogens (tertiary/aromatic N) is 2. The molecule has 16 heavy (non-hydrogen) atoms. The Balaban J connectivity index is 2.66. The minimum absolute atomic E-state index is 0.223. The zero-order valence-corrected chi connectivity index (χ0v) is 8.09. The lowest BCUT2D eigenvalue weighted by molar-refractivity contribution is 0.0692. The lowest BCUT2D eigenvalue weighted by Crippen LogP contribution is -2.04. The van der Waals surface area contributed by atoms with Crippen LogP contribution in [-0.4, -0.2) is 21.0 Å². The molecule has 2 rings (SSSR count). The Kier molecular flexibility index (Phi) is 2.59. The van der Waals surface area contributed by atoms with Crippen LogP contribution in [-0.2, 0) is 0 Å². The van der Waals surface area contributed by atoms with E-state index < -0.39 is 11.8 Å². The second-order valence-electron chi connectivity index (χ2n) is 3.09. The van der Waals surface area contributed by atoms with Gasteiger partial charge in [0.25, 0.3) is 0 Å². The summed E-state index contributed by atoms with van der Waals surface area (Å²) in [4.78, 5) is 18.4. The van der Waals surface area contributed by atoms with Crippen molar-refractivity contribution < 1.29 is 14.3 Å². The van der Waals surface area contributed by atoms with Crippen molar-refractivity contribution in [2.24, 2.45) is 0 Å². The molecular weight excluding hydrogens is 211 g/mol. The average molecular weight is 218 g/mol. The van der Waals surface area contributed by atoms with Crippen molar-refractivity contribution in [3.05, 3.63) is 48.3 Å². The van der Waals surface area contributed by atoms with Gasteiger partial charge in [-0.05, 0) is 6.07 Å². The van der Waals surface area contributed by atoms with Crippen molar-refractivity contribution >= 4 is 5.97 Å². The van der Waals surface area contributed by atoms with Gasteiger partial charge in [-0.2, -0.15) is 0 Å². The Hall–Kier alpha value is -2.30. The molecule has 0 saturated heterocycles. The van der Waals surface area contributed by atoms with Crippen molar-refractivity contribution in [3.63, 3.8) is 0 Å². The molecule has 0 atom stereocenters. The van der Waals surface area contributed by atoms with E-state index in [1.807, 2.05) is 0 Å². The van der Waals surface area contributed by atoms with Gasteiger partial charge >= 0.3 is 5.97 Å². The predicted molar refractivity (Wildman–Crippen MR) is 54.4 cm³/mol. The first-order chi connectivity index (χ1) is 7.70. The molecule has 0 aliphatic rings. The highest BCUT2D eigenvalue weighted by atomic mass is 19.1. The van der Waals surface area contributed by atoms with Crippen molar-refractivity contribution in [2.45, 2.75) is 0 Å². The quantitative estimate of drug-likeness (QED) is 0.837. The third-order valence-electron chi connectivity index (χ3n) is 2.09. The largest absolute Gasteiger partial charge is 0.478 e. The van der Waals surface area contributed by atoms with Gasteiger partial charge in [0.05, 0.1) is 6.20 Å².